The van der Waals surface area contributed by atoms with Crippen LogP contribution in [-0.4, -0.2) is 24.6 Å². The van der Waals surface area contributed by atoms with E-state index in [-0.39, 0.29) is 0 Å². The molecule has 4 rings (SSSR count). The first-order valence-electron chi connectivity index (χ1n) is 7.98. The fraction of sp³-hybridized carbons (Fsp3) is 0.368. The van der Waals surface area contributed by atoms with E-state index in [2.05, 4.69) is 41.3 Å². The van der Waals surface area contributed by atoms with E-state index in [1.807, 2.05) is 12.1 Å². The third-order valence-corrected chi connectivity index (χ3v) is 5.13. The van der Waals surface area contributed by atoms with Crippen molar-refractivity contribution >= 4 is 11.6 Å². The van der Waals surface area contributed by atoms with Gasteiger partial charge in [-0.3, -0.25) is 4.90 Å². The molecule has 0 spiro atoms. The number of nitrogens with zero attached hydrogens (tertiary/aromatic N) is 1. The SMILES string of the molecule is Clc1ccc2c(c1)OC[C@@H]1CN(Cc3ccccc3)CC[C@@H]21. The van der Waals surface area contributed by atoms with Gasteiger partial charge in [-0.05, 0) is 42.1 Å². The second kappa shape index (κ2) is 5.94. The highest BCUT2D eigenvalue weighted by molar-refractivity contribution is 6.30. The summed E-state index contributed by atoms with van der Waals surface area (Å²) in [5.74, 6) is 2.20. The van der Waals surface area contributed by atoms with Crippen LogP contribution < -0.4 is 4.74 Å². The molecule has 1 fully saturated rings. The number of fused-ring (bicyclic) bond motifs is 3. The molecule has 0 saturated carbocycles. The highest BCUT2D eigenvalue weighted by atomic mass is 35.5. The van der Waals surface area contributed by atoms with Crippen LogP contribution in [0.4, 0.5) is 0 Å². The van der Waals surface area contributed by atoms with Gasteiger partial charge in [-0.25, -0.2) is 0 Å². The summed E-state index contributed by atoms with van der Waals surface area (Å²) >= 11 is 6.08. The van der Waals surface area contributed by atoms with E-state index < -0.39 is 0 Å². The number of hydrogen-bond donors (Lipinski definition) is 0. The molecule has 0 radical (unpaired) electrons. The number of likely N-dealkylation sites (tertiary alicyclic amines) is 1. The summed E-state index contributed by atoms with van der Waals surface area (Å²) in [5.41, 5.74) is 2.74. The Morgan fingerprint density at radius 3 is 2.86 bits per heavy atom. The summed E-state index contributed by atoms with van der Waals surface area (Å²) in [6.07, 6.45) is 1.20. The molecular weight excluding hydrogens is 294 g/mol. The fourth-order valence-corrected chi connectivity index (χ4v) is 3.97. The fourth-order valence-electron chi connectivity index (χ4n) is 3.81. The van der Waals surface area contributed by atoms with Gasteiger partial charge in [0.25, 0.3) is 0 Å². The van der Waals surface area contributed by atoms with Crippen LogP contribution in [0.25, 0.3) is 0 Å². The third kappa shape index (κ3) is 2.73. The Kier molecular flexibility index (Phi) is 3.81. The minimum atomic E-state index is 0.589. The summed E-state index contributed by atoms with van der Waals surface area (Å²) in [5, 5.41) is 0.763. The lowest BCUT2D eigenvalue weighted by Crippen LogP contribution is -2.43. The van der Waals surface area contributed by atoms with Gasteiger partial charge in [0.1, 0.15) is 5.75 Å². The number of benzene rings is 2. The van der Waals surface area contributed by atoms with Crippen LogP contribution in [0.1, 0.15) is 23.5 Å². The summed E-state index contributed by atoms with van der Waals surface area (Å²) in [6, 6.07) is 16.8. The number of rotatable bonds is 2. The molecule has 3 heteroatoms. The van der Waals surface area contributed by atoms with E-state index in [1.165, 1.54) is 17.5 Å². The van der Waals surface area contributed by atoms with Gasteiger partial charge in [-0.1, -0.05) is 48.0 Å². The Morgan fingerprint density at radius 2 is 2.00 bits per heavy atom. The van der Waals surface area contributed by atoms with Crippen molar-refractivity contribution in [3.63, 3.8) is 0 Å². The molecular formula is C19H20ClNO. The molecule has 2 nitrogen and oxygen atoms in total. The Labute approximate surface area is 136 Å². The normalized spacial score (nSPS) is 24.2. The lowest BCUT2D eigenvalue weighted by Gasteiger charge is -2.42. The van der Waals surface area contributed by atoms with Crippen molar-refractivity contribution in [2.24, 2.45) is 5.92 Å². The highest BCUT2D eigenvalue weighted by Crippen LogP contribution is 2.42. The monoisotopic (exact) mass is 313 g/mol. The van der Waals surface area contributed by atoms with Crippen LogP contribution in [-0.2, 0) is 6.54 Å². The first kappa shape index (κ1) is 14.1. The summed E-state index contributed by atoms with van der Waals surface area (Å²) in [7, 11) is 0. The van der Waals surface area contributed by atoms with E-state index in [4.69, 9.17) is 16.3 Å². The maximum Gasteiger partial charge on any atom is 0.124 e. The molecule has 2 aliphatic heterocycles. The molecule has 0 amide bonds. The average Bonchev–Trinajstić information content (AvgIpc) is 2.55. The van der Waals surface area contributed by atoms with Crippen LogP contribution in [0.15, 0.2) is 48.5 Å². The van der Waals surface area contributed by atoms with Gasteiger partial charge in [0.05, 0.1) is 6.61 Å². The minimum absolute atomic E-state index is 0.589. The Hall–Kier alpha value is -1.51. The van der Waals surface area contributed by atoms with E-state index in [0.717, 1.165) is 37.0 Å². The topological polar surface area (TPSA) is 12.5 Å². The maximum atomic E-state index is 6.08. The summed E-state index contributed by atoms with van der Waals surface area (Å²) in [4.78, 5) is 2.56. The molecule has 2 aromatic rings. The number of piperidine rings is 1. The van der Waals surface area contributed by atoms with Crippen molar-refractivity contribution in [1.82, 2.24) is 4.90 Å². The molecule has 22 heavy (non-hydrogen) atoms. The molecule has 2 atom stereocenters. The van der Waals surface area contributed by atoms with Gasteiger partial charge in [-0.15, -0.1) is 0 Å². The Bertz CT molecular complexity index is 658. The lowest BCUT2D eigenvalue weighted by molar-refractivity contribution is 0.0889. The Balaban J connectivity index is 1.48. The molecule has 114 valence electrons. The predicted octanol–water partition coefficient (Wildman–Crippen LogP) is 4.34. The molecule has 0 bridgehead atoms. The van der Waals surface area contributed by atoms with Crippen LogP contribution in [0.2, 0.25) is 5.02 Å². The van der Waals surface area contributed by atoms with Crippen molar-refractivity contribution < 1.29 is 4.74 Å². The first-order valence-corrected chi connectivity index (χ1v) is 8.36. The predicted molar refractivity (Wildman–Crippen MR) is 89.5 cm³/mol. The van der Waals surface area contributed by atoms with Crippen molar-refractivity contribution in [2.45, 2.75) is 18.9 Å². The second-order valence-electron chi connectivity index (χ2n) is 6.37. The van der Waals surface area contributed by atoms with E-state index in [1.54, 1.807) is 0 Å². The maximum absolute atomic E-state index is 6.08. The molecule has 2 heterocycles. The van der Waals surface area contributed by atoms with Crippen molar-refractivity contribution in [1.29, 1.82) is 0 Å². The standard InChI is InChI=1S/C19H20ClNO/c20-16-6-7-18-17-8-9-21(11-14-4-2-1-3-5-14)12-15(17)13-22-19(18)10-16/h1-7,10,15,17H,8-9,11-13H2/t15-,17+/m0/s1. The van der Waals surface area contributed by atoms with Crippen LogP contribution in [0.5, 0.6) is 5.75 Å². The number of halogens is 1. The molecule has 1 saturated heterocycles. The largest absolute Gasteiger partial charge is 0.493 e. The van der Waals surface area contributed by atoms with Crippen molar-refractivity contribution in [3.8, 4) is 5.75 Å². The van der Waals surface area contributed by atoms with Crippen LogP contribution in [0, 0.1) is 5.92 Å². The smallest absolute Gasteiger partial charge is 0.124 e. The molecule has 0 aromatic heterocycles. The molecule has 2 aromatic carbocycles. The summed E-state index contributed by atoms with van der Waals surface area (Å²) in [6.45, 7) is 4.11. The van der Waals surface area contributed by atoms with E-state index >= 15 is 0 Å². The van der Waals surface area contributed by atoms with Gasteiger partial charge >= 0.3 is 0 Å². The molecule has 0 unspecified atom stereocenters. The van der Waals surface area contributed by atoms with Crippen molar-refractivity contribution in [3.05, 3.63) is 64.7 Å². The zero-order valence-electron chi connectivity index (χ0n) is 12.5. The highest BCUT2D eigenvalue weighted by Gasteiger charge is 2.35. The van der Waals surface area contributed by atoms with Gasteiger partial charge < -0.3 is 4.74 Å². The zero-order chi connectivity index (χ0) is 14.9. The van der Waals surface area contributed by atoms with Gasteiger partial charge in [0.2, 0.25) is 0 Å². The minimum Gasteiger partial charge on any atom is -0.493 e. The Morgan fingerprint density at radius 1 is 1.14 bits per heavy atom. The van der Waals surface area contributed by atoms with Crippen LogP contribution >= 0.6 is 11.6 Å². The van der Waals surface area contributed by atoms with Gasteiger partial charge in [0.15, 0.2) is 0 Å². The molecule has 0 aliphatic carbocycles. The molecule has 0 N–H and O–H groups in total. The van der Waals surface area contributed by atoms with Gasteiger partial charge in [0, 0.05) is 24.0 Å². The second-order valence-corrected chi connectivity index (χ2v) is 6.81. The number of hydrogen-bond acceptors (Lipinski definition) is 2. The first-order chi connectivity index (χ1) is 10.8. The zero-order valence-corrected chi connectivity index (χ0v) is 13.3. The van der Waals surface area contributed by atoms with Gasteiger partial charge in [-0.2, -0.15) is 0 Å². The third-order valence-electron chi connectivity index (χ3n) is 4.90. The quantitative estimate of drug-likeness (QED) is 0.818. The van der Waals surface area contributed by atoms with E-state index in [9.17, 15) is 0 Å². The number of ether oxygens (including phenoxy) is 1. The van der Waals surface area contributed by atoms with Crippen molar-refractivity contribution in [2.75, 3.05) is 19.7 Å². The average molecular weight is 314 g/mol. The van der Waals surface area contributed by atoms with Crippen LogP contribution in [0.3, 0.4) is 0 Å². The summed E-state index contributed by atoms with van der Waals surface area (Å²) < 4.78 is 5.96. The molecule has 2 aliphatic rings. The van der Waals surface area contributed by atoms with E-state index in [0.29, 0.717) is 11.8 Å². The lowest BCUT2D eigenvalue weighted by atomic mass is 9.79.